The number of thioether (sulfide) groups is 1. The molecule has 2 atom stereocenters. The molecule has 0 saturated carbocycles. The summed E-state index contributed by atoms with van der Waals surface area (Å²) in [5.41, 5.74) is 0. The molecular weight excluding hydrogens is 274 g/mol. The molecule has 0 aromatic carbocycles. The molecular formula is C10H14BrN3S. The lowest BCUT2D eigenvalue weighted by molar-refractivity contribution is 0.237. The maximum absolute atomic E-state index is 4.65. The molecule has 0 saturated heterocycles. The number of fused-ring (bicyclic) bond motifs is 1. The summed E-state index contributed by atoms with van der Waals surface area (Å²) in [7, 11) is 0. The summed E-state index contributed by atoms with van der Waals surface area (Å²) in [6.45, 7) is 3.13. The number of hydrogen-bond donors (Lipinski definition) is 0. The first-order valence-corrected chi connectivity index (χ1v) is 7.04. The maximum atomic E-state index is 4.65. The van der Waals surface area contributed by atoms with Crippen molar-refractivity contribution < 1.29 is 0 Å². The van der Waals surface area contributed by atoms with Gasteiger partial charge in [0.05, 0.1) is 0 Å². The van der Waals surface area contributed by atoms with Gasteiger partial charge in [0.2, 0.25) is 0 Å². The minimum absolute atomic E-state index is 0.247. The summed E-state index contributed by atoms with van der Waals surface area (Å²) in [6, 6.07) is 0. The Balaban J connectivity index is 2.25. The molecule has 0 aromatic rings. The zero-order chi connectivity index (χ0) is 10.8. The Labute approximate surface area is 103 Å². The lowest BCUT2D eigenvalue weighted by Crippen LogP contribution is -2.41. The lowest BCUT2D eigenvalue weighted by Gasteiger charge is -2.37. The molecule has 3 nitrogen and oxygen atoms in total. The molecule has 0 radical (unpaired) electrons. The van der Waals surface area contributed by atoms with Crippen molar-refractivity contribution >= 4 is 39.1 Å². The third kappa shape index (κ3) is 2.28. The molecule has 0 N–H and O–H groups in total. The minimum atomic E-state index is 0.247. The molecule has 82 valence electrons. The minimum Gasteiger partial charge on any atom is -0.355 e. The first-order valence-electron chi connectivity index (χ1n) is 5.02. The van der Waals surface area contributed by atoms with Crippen molar-refractivity contribution in [1.29, 1.82) is 0 Å². The molecule has 2 aliphatic rings. The highest BCUT2D eigenvalue weighted by Crippen LogP contribution is 2.31. The molecule has 0 aromatic heterocycles. The lowest BCUT2D eigenvalue weighted by atomic mass is 9.99. The van der Waals surface area contributed by atoms with Crippen LogP contribution in [0.4, 0.5) is 0 Å². The maximum Gasteiger partial charge on any atom is 0.184 e. The predicted molar refractivity (Wildman–Crippen MR) is 70.7 cm³/mol. The van der Waals surface area contributed by atoms with E-state index in [1.807, 2.05) is 12.5 Å². The van der Waals surface area contributed by atoms with Crippen LogP contribution in [0.1, 0.15) is 13.3 Å². The van der Waals surface area contributed by atoms with Crippen molar-refractivity contribution in [3.8, 4) is 0 Å². The topological polar surface area (TPSA) is 28.0 Å². The first-order chi connectivity index (χ1) is 7.24. The first kappa shape index (κ1) is 11.2. The second-order valence-corrected chi connectivity index (χ2v) is 5.37. The number of halogens is 1. The second kappa shape index (κ2) is 4.70. The Morgan fingerprint density at radius 3 is 3.13 bits per heavy atom. The van der Waals surface area contributed by atoms with Crippen LogP contribution in [0.15, 0.2) is 20.7 Å². The quantitative estimate of drug-likeness (QED) is 0.742. The van der Waals surface area contributed by atoms with Gasteiger partial charge in [-0.05, 0) is 19.6 Å². The van der Waals surface area contributed by atoms with E-state index in [0.29, 0.717) is 5.92 Å². The Hall–Kier alpha value is -0.290. The fraction of sp³-hybridized carbons (Fsp3) is 0.600. The molecule has 0 aliphatic carbocycles. The van der Waals surface area contributed by atoms with Crippen molar-refractivity contribution in [2.45, 2.75) is 19.5 Å². The van der Waals surface area contributed by atoms with Gasteiger partial charge >= 0.3 is 0 Å². The number of rotatable bonds is 1. The Morgan fingerprint density at radius 1 is 1.67 bits per heavy atom. The molecule has 5 heteroatoms. The predicted octanol–water partition coefficient (Wildman–Crippen LogP) is 2.69. The van der Waals surface area contributed by atoms with Crippen molar-refractivity contribution in [3.05, 3.63) is 10.7 Å². The van der Waals surface area contributed by atoms with E-state index in [-0.39, 0.29) is 6.17 Å². The average molecular weight is 288 g/mol. The molecule has 0 amide bonds. The van der Waals surface area contributed by atoms with Crippen LogP contribution in [0.3, 0.4) is 0 Å². The van der Waals surface area contributed by atoms with Gasteiger partial charge in [0.15, 0.2) is 5.17 Å². The highest BCUT2D eigenvalue weighted by Gasteiger charge is 2.30. The number of allylic oxidation sites excluding steroid dienone is 1. The summed E-state index contributed by atoms with van der Waals surface area (Å²) in [5, 5.41) is 0.890. The standard InChI is InChI=1S/C10H14BrN3S/c1-3-14-6-8(11)4-7-5-12-10(15-2)13-9(7)14/h5-7,9H,3-4H2,1-2H3. The second-order valence-electron chi connectivity index (χ2n) is 3.58. The van der Waals surface area contributed by atoms with Crippen LogP contribution in [-0.4, -0.2) is 35.2 Å². The fourth-order valence-corrected chi connectivity index (χ4v) is 2.89. The van der Waals surface area contributed by atoms with Crippen molar-refractivity contribution in [1.82, 2.24) is 4.90 Å². The van der Waals surface area contributed by atoms with Crippen molar-refractivity contribution in [3.63, 3.8) is 0 Å². The summed E-state index contributed by atoms with van der Waals surface area (Å²) in [5.74, 6) is 0.417. The average Bonchev–Trinajstić information content (AvgIpc) is 2.27. The van der Waals surface area contributed by atoms with Gasteiger partial charge in [0, 0.05) is 29.4 Å². The third-order valence-electron chi connectivity index (χ3n) is 2.63. The smallest absolute Gasteiger partial charge is 0.184 e. The number of aliphatic imine (C=N–C) groups is 2. The van der Waals surface area contributed by atoms with Gasteiger partial charge in [-0.3, -0.25) is 0 Å². The SMILES string of the molecule is CCN1C=C(Br)CC2C=NC(SC)=NC21. The molecule has 2 aliphatic heterocycles. The van der Waals surface area contributed by atoms with Crippen LogP contribution in [0.25, 0.3) is 0 Å². The Kier molecular flexibility index (Phi) is 3.51. The summed E-state index contributed by atoms with van der Waals surface area (Å²) >= 11 is 5.18. The van der Waals surface area contributed by atoms with E-state index >= 15 is 0 Å². The van der Waals surface area contributed by atoms with Gasteiger partial charge in [-0.2, -0.15) is 0 Å². The van der Waals surface area contributed by atoms with Gasteiger partial charge in [-0.15, -0.1) is 0 Å². The van der Waals surface area contributed by atoms with Gasteiger partial charge < -0.3 is 4.90 Å². The van der Waals surface area contributed by atoms with Gasteiger partial charge in [-0.1, -0.05) is 27.7 Å². The van der Waals surface area contributed by atoms with E-state index < -0.39 is 0 Å². The largest absolute Gasteiger partial charge is 0.355 e. The normalized spacial score (nSPS) is 29.7. The van der Waals surface area contributed by atoms with Crippen molar-refractivity contribution in [2.24, 2.45) is 15.9 Å². The van der Waals surface area contributed by atoms with E-state index in [2.05, 4.69) is 43.9 Å². The highest BCUT2D eigenvalue weighted by molar-refractivity contribution is 9.11. The zero-order valence-corrected chi connectivity index (χ0v) is 11.3. The summed E-state index contributed by atoms with van der Waals surface area (Å²) in [6.07, 6.45) is 7.47. The van der Waals surface area contributed by atoms with Crippen LogP contribution in [0.5, 0.6) is 0 Å². The van der Waals surface area contributed by atoms with E-state index in [4.69, 9.17) is 0 Å². The van der Waals surface area contributed by atoms with Crippen molar-refractivity contribution in [2.75, 3.05) is 12.8 Å². The number of nitrogens with zero attached hydrogens (tertiary/aromatic N) is 3. The monoisotopic (exact) mass is 287 g/mol. The summed E-state index contributed by atoms with van der Waals surface area (Å²) in [4.78, 5) is 11.3. The van der Waals surface area contributed by atoms with Crippen LogP contribution in [0, 0.1) is 5.92 Å². The zero-order valence-electron chi connectivity index (χ0n) is 8.85. The molecule has 2 rings (SSSR count). The van der Waals surface area contributed by atoms with Crippen LogP contribution >= 0.6 is 27.7 Å². The van der Waals surface area contributed by atoms with E-state index in [1.165, 1.54) is 4.48 Å². The molecule has 0 spiro atoms. The van der Waals surface area contributed by atoms with Gasteiger partial charge in [0.25, 0.3) is 0 Å². The van der Waals surface area contributed by atoms with Gasteiger partial charge in [-0.25, -0.2) is 9.98 Å². The van der Waals surface area contributed by atoms with Crippen LogP contribution < -0.4 is 0 Å². The molecule has 2 heterocycles. The summed E-state index contributed by atoms with van der Waals surface area (Å²) < 4.78 is 1.24. The van der Waals surface area contributed by atoms with E-state index in [9.17, 15) is 0 Å². The van der Waals surface area contributed by atoms with Crippen LogP contribution in [-0.2, 0) is 0 Å². The van der Waals surface area contributed by atoms with E-state index in [1.54, 1.807) is 11.8 Å². The highest BCUT2D eigenvalue weighted by atomic mass is 79.9. The number of hydrogen-bond acceptors (Lipinski definition) is 4. The third-order valence-corrected chi connectivity index (χ3v) is 3.73. The Morgan fingerprint density at radius 2 is 2.47 bits per heavy atom. The Bertz CT molecular complexity index is 338. The number of amidine groups is 1. The molecule has 0 fully saturated rings. The fourth-order valence-electron chi connectivity index (χ4n) is 1.87. The molecule has 15 heavy (non-hydrogen) atoms. The van der Waals surface area contributed by atoms with E-state index in [0.717, 1.165) is 18.1 Å². The molecule has 0 bridgehead atoms. The molecule has 2 unspecified atom stereocenters. The van der Waals surface area contributed by atoms with Gasteiger partial charge in [0.1, 0.15) is 6.17 Å². The van der Waals surface area contributed by atoms with Crippen LogP contribution in [0.2, 0.25) is 0 Å².